The number of carbonyl (C=O) groups is 1. The maximum absolute atomic E-state index is 11.8. The molecule has 0 aliphatic carbocycles. The molecule has 0 unspecified atom stereocenters. The summed E-state index contributed by atoms with van der Waals surface area (Å²) in [5.74, 6) is -0.296. The van der Waals surface area contributed by atoms with Gasteiger partial charge < -0.3 is 14.7 Å². The molecule has 1 fully saturated rings. The molecule has 1 aromatic carbocycles. The second-order valence-electron chi connectivity index (χ2n) is 5.12. The van der Waals surface area contributed by atoms with Crippen molar-refractivity contribution in [3.05, 3.63) is 23.8 Å². The van der Waals surface area contributed by atoms with Gasteiger partial charge in [-0.3, -0.25) is 0 Å². The maximum Gasteiger partial charge on any atom is 0.338 e. The van der Waals surface area contributed by atoms with Crippen LogP contribution in [0.5, 0.6) is 0 Å². The van der Waals surface area contributed by atoms with Crippen LogP contribution in [-0.2, 0) is 4.74 Å². The lowest BCUT2D eigenvalue weighted by atomic mass is 10.1. The molecule has 6 heteroatoms. The Kier molecular flexibility index (Phi) is 4.07. The van der Waals surface area contributed by atoms with Gasteiger partial charge >= 0.3 is 5.97 Å². The molecule has 1 aromatic heterocycles. The summed E-state index contributed by atoms with van der Waals surface area (Å²) in [5.41, 5.74) is 1.46. The molecule has 2 heterocycles. The Balaban J connectivity index is 1.84. The number of nitrogens with zero attached hydrogens (tertiary/aromatic N) is 2. The average Bonchev–Trinajstić information content (AvgIpc) is 2.91. The minimum atomic E-state index is -0.296. The van der Waals surface area contributed by atoms with E-state index in [4.69, 9.17) is 4.74 Å². The molecule has 1 aliphatic rings. The van der Waals surface area contributed by atoms with Gasteiger partial charge in [-0.2, -0.15) is 0 Å². The van der Waals surface area contributed by atoms with Crippen molar-refractivity contribution in [2.45, 2.75) is 25.9 Å². The van der Waals surface area contributed by atoms with Crippen LogP contribution in [0.4, 0.5) is 5.13 Å². The van der Waals surface area contributed by atoms with E-state index in [9.17, 15) is 9.90 Å². The van der Waals surface area contributed by atoms with Crippen LogP contribution in [0.3, 0.4) is 0 Å². The smallest absolute Gasteiger partial charge is 0.338 e. The van der Waals surface area contributed by atoms with E-state index >= 15 is 0 Å². The van der Waals surface area contributed by atoms with Gasteiger partial charge in [-0.05, 0) is 38.0 Å². The zero-order chi connectivity index (χ0) is 14.8. The molecule has 3 rings (SSSR count). The Morgan fingerprint density at radius 1 is 1.48 bits per heavy atom. The van der Waals surface area contributed by atoms with E-state index in [-0.39, 0.29) is 12.1 Å². The van der Waals surface area contributed by atoms with Crippen molar-refractivity contribution in [1.82, 2.24) is 4.98 Å². The number of aliphatic hydroxyl groups is 1. The van der Waals surface area contributed by atoms with Gasteiger partial charge in [-0.1, -0.05) is 11.3 Å². The zero-order valence-electron chi connectivity index (χ0n) is 11.9. The summed E-state index contributed by atoms with van der Waals surface area (Å²) in [5, 5.41) is 10.5. The van der Waals surface area contributed by atoms with Crippen LogP contribution in [0.1, 0.15) is 30.1 Å². The van der Waals surface area contributed by atoms with Gasteiger partial charge in [0.25, 0.3) is 0 Å². The first-order valence-electron chi connectivity index (χ1n) is 7.18. The largest absolute Gasteiger partial charge is 0.462 e. The first-order valence-corrected chi connectivity index (χ1v) is 7.99. The summed E-state index contributed by atoms with van der Waals surface area (Å²) in [6, 6.07) is 5.46. The molecule has 112 valence electrons. The van der Waals surface area contributed by atoms with E-state index in [1.807, 2.05) is 12.1 Å². The number of fused-ring (bicyclic) bond motifs is 1. The van der Waals surface area contributed by atoms with Crippen LogP contribution in [0.25, 0.3) is 10.2 Å². The fourth-order valence-corrected chi connectivity index (χ4v) is 3.50. The molecule has 0 bridgehead atoms. The lowest BCUT2D eigenvalue weighted by Crippen LogP contribution is -2.35. The van der Waals surface area contributed by atoms with Gasteiger partial charge in [-0.15, -0.1) is 0 Å². The van der Waals surface area contributed by atoms with Gasteiger partial charge in [0.15, 0.2) is 5.13 Å². The quantitative estimate of drug-likeness (QED) is 0.883. The van der Waals surface area contributed by atoms with Crippen molar-refractivity contribution < 1.29 is 14.6 Å². The third-order valence-electron chi connectivity index (χ3n) is 3.62. The van der Waals surface area contributed by atoms with E-state index in [0.717, 1.165) is 41.3 Å². The molecule has 0 spiro atoms. The van der Waals surface area contributed by atoms with E-state index < -0.39 is 0 Å². The third-order valence-corrected chi connectivity index (χ3v) is 4.70. The molecule has 2 aromatic rings. The number of ether oxygens (including phenoxy) is 1. The number of thiazole rings is 1. The molecule has 1 saturated heterocycles. The van der Waals surface area contributed by atoms with Crippen LogP contribution in [0.2, 0.25) is 0 Å². The van der Waals surface area contributed by atoms with Crippen molar-refractivity contribution in [2.24, 2.45) is 0 Å². The molecular formula is C15H18N2O3S. The number of esters is 1. The highest BCUT2D eigenvalue weighted by atomic mass is 32.1. The topological polar surface area (TPSA) is 62.7 Å². The predicted octanol–water partition coefficient (Wildman–Crippen LogP) is 2.43. The normalized spacial score (nSPS) is 16.4. The summed E-state index contributed by atoms with van der Waals surface area (Å²) >= 11 is 1.58. The number of anilines is 1. The molecule has 0 radical (unpaired) electrons. The molecule has 1 aliphatic heterocycles. The van der Waals surface area contributed by atoms with Crippen molar-refractivity contribution in [3.8, 4) is 0 Å². The summed E-state index contributed by atoms with van der Waals surface area (Å²) < 4.78 is 6.01. The van der Waals surface area contributed by atoms with Gasteiger partial charge in [-0.25, -0.2) is 9.78 Å². The second kappa shape index (κ2) is 5.99. The predicted molar refractivity (Wildman–Crippen MR) is 83.0 cm³/mol. The van der Waals surface area contributed by atoms with E-state index in [2.05, 4.69) is 9.88 Å². The maximum atomic E-state index is 11.8. The van der Waals surface area contributed by atoms with E-state index in [0.29, 0.717) is 12.2 Å². The lowest BCUT2D eigenvalue weighted by molar-refractivity contribution is 0.0526. The zero-order valence-corrected chi connectivity index (χ0v) is 12.7. The molecule has 1 N–H and O–H groups in total. The standard InChI is InChI=1S/C15H18N2O3S/c1-2-20-14(19)10-3-4-12-13(9-10)21-15(16-12)17-7-5-11(18)6-8-17/h3-4,9,11,18H,2,5-8H2,1H3. The summed E-state index contributed by atoms with van der Waals surface area (Å²) in [7, 11) is 0. The number of hydrogen-bond donors (Lipinski definition) is 1. The number of hydrogen-bond acceptors (Lipinski definition) is 6. The average molecular weight is 306 g/mol. The lowest BCUT2D eigenvalue weighted by Gasteiger charge is -2.28. The number of carbonyl (C=O) groups excluding carboxylic acids is 1. The Bertz CT molecular complexity index is 647. The van der Waals surface area contributed by atoms with Crippen LogP contribution < -0.4 is 4.90 Å². The Morgan fingerprint density at radius 3 is 2.95 bits per heavy atom. The van der Waals surface area contributed by atoms with Crippen molar-refractivity contribution in [2.75, 3.05) is 24.6 Å². The highest BCUT2D eigenvalue weighted by molar-refractivity contribution is 7.22. The fraction of sp³-hybridized carbons (Fsp3) is 0.467. The van der Waals surface area contributed by atoms with Crippen LogP contribution in [0, 0.1) is 0 Å². The minimum absolute atomic E-state index is 0.189. The number of aliphatic hydroxyl groups excluding tert-OH is 1. The highest BCUT2D eigenvalue weighted by Gasteiger charge is 2.20. The van der Waals surface area contributed by atoms with E-state index in [1.54, 1.807) is 24.3 Å². The molecule has 0 atom stereocenters. The van der Waals surface area contributed by atoms with Gasteiger partial charge in [0.2, 0.25) is 0 Å². The number of rotatable bonds is 3. The molecule has 0 amide bonds. The summed E-state index contributed by atoms with van der Waals surface area (Å²) in [6.45, 7) is 3.82. The SMILES string of the molecule is CCOC(=O)c1ccc2nc(N3CCC(O)CC3)sc2c1. The minimum Gasteiger partial charge on any atom is -0.462 e. The Labute approximate surface area is 127 Å². The molecular weight excluding hydrogens is 288 g/mol. The van der Waals surface area contributed by atoms with Gasteiger partial charge in [0.05, 0.1) is 28.5 Å². The number of aromatic nitrogens is 1. The van der Waals surface area contributed by atoms with Crippen LogP contribution in [-0.4, -0.2) is 41.9 Å². The highest BCUT2D eigenvalue weighted by Crippen LogP contribution is 2.31. The molecule has 21 heavy (non-hydrogen) atoms. The number of benzene rings is 1. The summed E-state index contributed by atoms with van der Waals surface area (Å²) in [6.07, 6.45) is 1.37. The Hall–Kier alpha value is -1.66. The summed E-state index contributed by atoms with van der Waals surface area (Å²) in [4.78, 5) is 18.6. The number of piperidine rings is 1. The molecule has 0 saturated carbocycles. The Morgan fingerprint density at radius 2 is 2.24 bits per heavy atom. The van der Waals surface area contributed by atoms with Crippen LogP contribution in [0.15, 0.2) is 18.2 Å². The first kappa shape index (κ1) is 14.3. The second-order valence-corrected chi connectivity index (χ2v) is 6.13. The third kappa shape index (κ3) is 3.01. The van der Waals surface area contributed by atoms with Crippen molar-refractivity contribution >= 4 is 32.7 Å². The van der Waals surface area contributed by atoms with E-state index in [1.165, 1.54) is 0 Å². The fourth-order valence-electron chi connectivity index (χ4n) is 2.45. The van der Waals surface area contributed by atoms with Crippen molar-refractivity contribution in [1.29, 1.82) is 0 Å². The van der Waals surface area contributed by atoms with Crippen molar-refractivity contribution in [3.63, 3.8) is 0 Å². The monoisotopic (exact) mass is 306 g/mol. The molecule has 5 nitrogen and oxygen atoms in total. The van der Waals surface area contributed by atoms with Gasteiger partial charge in [0, 0.05) is 13.1 Å². The first-order chi connectivity index (χ1) is 10.2. The van der Waals surface area contributed by atoms with Gasteiger partial charge in [0.1, 0.15) is 0 Å². The van der Waals surface area contributed by atoms with Crippen LogP contribution >= 0.6 is 11.3 Å².